The fourth-order valence-electron chi connectivity index (χ4n) is 2.40. The number of ether oxygens (including phenoxy) is 1. The number of carbonyl (C=O) groups excluding carboxylic acids is 2. The molecule has 142 valence electrons. The van der Waals surface area contributed by atoms with Gasteiger partial charge in [0, 0.05) is 16.5 Å². The van der Waals surface area contributed by atoms with Gasteiger partial charge in [-0.3, -0.25) is 4.79 Å². The second-order valence-electron chi connectivity index (χ2n) is 5.70. The number of rotatable bonds is 6. The minimum Gasteiger partial charge on any atom is -0.465 e. The van der Waals surface area contributed by atoms with Gasteiger partial charge in [-0.2, -0.15) is 5.10 Å². The number of aromatic nitrogens is 1. The molecule has 1 amide bonds. The third-order valence-electron chi connectivity index (χ3n) is 3.74. The highest BCUT2D eigenvalue weighted by Crippen LogP contribution is 2.24. The molecule has 3 rings (SSSR count). The van der Waals surface area contributed by atoms with E-state index in [0.29, 0.717) is 21.8 Å². The van der Waals surface area contributed by atoms with Crippen LogP contribution in [0.3, 0.4) is 0 Å². The lowest BCUT2D eigenvalue weighted by Crippen LogP contribution is -2.20. The van der Waals surface area contributed by atoms with Gasteiger partial charge < -0.3 is 4.74 Å². The molecule has 0 saturated heterocycles. The first-order chi connectivity index (χ1) is 13.6. The van der Waals surface area contributed by atoms with E-state index in [9.17, 15) is 14.0 Å². The number of hydrazone groups is 1. The third kappa shape index (κ3) is 4.86. The Bertz CT molecular complexity index is 1020. The largest absolute Gasteiger partial charge is 0.465 e. The minimum atomic E-state index is -0.482. The predicted octanol–water partition coefficient (Wildman–Crippen LogP) is 3.43. The maximum atomic E-state index is 13.0. The van der Waals surface area contributed by atoms with Gasteiger partial charge in [-0.25, -0.2) is 19.6 Å². The van der Waals surface area contributed by atoms with Gasteiger partial charge in [0.1, 0.15) is 10.8 Å². The van der Waals surface area contributed by atoms with E-state index < -0.39 is 5.97 Å². The summed E-state index contributed by atoms with van der Waals surface area (Å²) in [4.78, 5) is 28.2. The summed E-state index contributed by atoms with van der Waals surface area (Å²) in [5, 5.41) is 6.37. The van der Waals surface area contributed by atoms with Gasteiger partial charge in [0.25, 0.3) is 0 Å². The van der Waals surface area contributed by atoms with Gasteiger partial charge in [0.15, 0.2) is 0 Å². The normalized spacial score (nSPS) is 10.8. The minimum absolute atomic E-state index is 0.0493. The lowest BCUT2D eigenvalue weighted by atomic mass is 10.1. The van der Waals surface area contributed by atoms with Crippen molar-refractivity contribution in [1.29, 1.82) is 0 Å². The average molecular weight is 397 g/mol. The number of nitrogens with zero attached hydrogens (tertiary/aromatic N) is 2. The second kappa shape index (κ2) is 9.01. The molecule has 2 aromatic carbocycles. The molecule has 0 fully saturated rings. The number of benzene rings is 2. The molecule has 0 unspecified atom stereocenters. The van der Waals surface area contributed by atoms with Crippen LogP contribution in [-0.4, -0.2) is 30.2 Å². The zero-order chi connectivity index (χ0) is 19.9. The van der Waals surface area contributed by atoms with Gasteiger partial charge >= 0.3 is 5.97 Å². The maximum Gasteiger partial charge on any atom is 0.338 e. The molecule has 0 atom stereocenters. The molecule has 0 aliphatic heterocycles. The third-order valence-corrected chi connectivity index (χ3v) is 4.68. The number of carbonyl (C=O) groups is 2. The maximum absolute atomic E-state index is 13.0. The summed E-state index contributed by atoms with van der Waals surface area (Å²) in [5.41, 5.74) is 4.67. The number of hydrogen-bond donors (Lipinski definition) is 1. The van der Waals surface area contributed by atoms with Gasteiger partial charge in [0.05, 0.1) is 31.0 Å². The molecule has 0 spiro atoms. The summed E-state index contributed by atoms with van der Waals surface area (Å²) < 4.78 is 17.7. The lowest BCUT2D eigenvalue weighted by molar-refractivity contribution is -0.120. The van der Waals surface area contributed by atoms with Crippen molar-refractivity contribution < 1.29 is 18.7 Å². The first kappa shape index (κ1) is 19.4. The predicted molar refractivity (Wildman–Crippen MR) is 105 cm³/mol. The number of esters is 1. The van der Waals surface area contributed by atoms with E-state index in [0.717, 1.165) is 5.56 Å². The van der Waals surface area contributed by atoms with Crippen molar-refractivity contribution in [3.05, 3.63) is 76.5 Å². The Hall–Kier alpha value is -3.39. The summed E-state index contributed by atoms with van der Waals surface area (Å²) in [5.74, 6) is -1.14. The molecule has 0 aliphatic rings. The van der Waals surface area contributed by atoms with Crippen molar-refractivity contribution in [3.63, 3.8) is 0 Å². The van der Waals surface area contributed by atoms with Crippen LogP contribution in [0.1, 0.15) is 21.6 Å². The first-order valence-electron chi connectivity index (χ1n) is 8.26. The van der Waals surface area contributed by atoms with Crippen LogP contribution in [-0.2, 0) is 16.0 Å². The summed E-state index contributed by atoms with van der Waals surface area (Å²) in [6.07, 6.45) is 1.43. The van der Waals surface area contributed by atoms with E-state index >= 15 is 0 Å². The monoisotopic (exact) mass is 397 g/mol. The number of thiazole rings is 1. The molecule has 0 saturated carbocycles. The van der Waals surface area contributed by atoms with Crippen molar-refractivity contribution in [2.75, 3.05) is 7.11 Å². The molecule has 1 heterocycles. The molecule has 3 aromatic rings. The Kier molecular flexibility index (Phi) is 6.23. The number of methoxy groups -OCH3 is 1. The van der Waals surface area contributed by atoms with Gasteiger partial charge in [-0.1, -0.05) is 18.2 Å². The van der Waals surface area contributed by atoms with E-state index in [1.54, 1.807) is 41.8 Å². The highest BCUT2D eigenvalue weighted by atomic mass is 32.1. The van der Waals surface area contributed by atoms with Gasteiger partial charge in [-0.15, -0.1) is 11.3 Å². The quantitative estimate of drug-likeness (QED) is 0.393. The average Bonchev–Trinajstić information content (AvgIpc) is 3.16. The summed E-state index contributed by atoms with van der Waals surface area (Å²) in [6, 6.07) is 12.8. The van der Waals surface area contributed by atoms with Crippen LogP contribution in [0.2, 0.25) is 0 Å². The Morgan fingerprint density at radius 2 is 1.96 bits per heavy atom. The molecular weight excluding hydrogens is 381 g/mol. The van der Waals surface area contributed by atoms with Gasteiger partial charge in [-0.05, 0) is 30.3 Å². The van der Waals surface area contributed by atoms with Crippen LogP contribution in [0.5, 0.6) is 0 Å². The molecule has 0 aliphatic carbocycles. The van der Waals surface area contributed by atoms with Crippen LogP contribution in [0, 0.1) is 5.82 Å². The van der Waals surface area contributed by atoms with E-state index in [2.05, 4.69) is 15.5 Å². The molecule has 0 bridgehead atoms. The lowest BCUT2D eigenvalue weighted by Gasteiger charge is -2.03. The summed E-state index contributed by atoms with van der Waals surface area (Å²) in [7, 11) is 1.30. The van der Waals surface area contributed by atoms with Crippen LogP contribution in [0.4, 0.5) is 4.39 Å². The second-order valence-corrected chi connectivity index (χ2v) is 6.56. The zero-order valence-electron chi connectivity index (χ0n) is 14.9. The summed E-state index contributed by atoms with van der Waals surface area (Å²) in [6.45, 7) is 0. The number of halogens is 1. The molecule has 28 heavy (non-hydrogen) atoms. The fraction of sp³-hybridized carbons (Fsp3) is 0.100. The van der Waals surface area contributed by atoms with E-state index in [4.69, 9.17) is 4.74 Å². The first-order valence-corrected chi connectivity index (χ1v) is 9.14. The Morgan fingerprint density at radius 3 is 2.71 bits per heavy atom. The van der Waals surface area contributed by atoms with Crippen molar-refractivity contribution in [2.45, 2.75) is 6.42 Å². The highest BCUT2D eigenvalue weighted by molar-refractivity contribution is 7.13. The molecule has 0 radical (unpaired) electrons. The number of hydrogen-bond acceptors (Lipinski definition) is 6. The molecule has 1 aromatic heterocycles. The van der Waals surface area contributed by atoms with E-state index in [-0.39, 0.29) is 18.1 Å². The molecule has 1 N–H and O–H groups in total. The van der Waals surface area contributed by atoms with Gasteiger partial charge in [0.2, 0.25) is 5.91 Å². The Morgan fingerprint density at radius 1 is 1.21 bits per heavy atom. The molecule has 6 nitrogen and oxygen atoms in total. The summed E-state index contributed by atoms with van der Waals surface area (Å²) >= 11 is 1.38. The van der Waals surface area contributed by atoms with Crippen LogP contribution in [0.25, 0.3) is 10.6 Å². The molecule has 8 heteroatoms. The van der Waals surface area contributed by atoms with Crippen molar-refractivity contribution in [3.8, 4) is 10.6 Å². The smallest absolute Gasteiger partial charge is 0.338 e. The highest BCUT2D eigenvalue weighted by Gasteiger charge is 2.10. The standard InChI is InChI=1S/C20H16FN3O3S/c1-27-20(26)17-5-3-2-4-14(17)11-22-24-18(25)10-16-12-28-19(23-16)13-6-8-15(21)9-7-13/h2-9,11-12H,10H2,1H3,(H,24,25)/b22-11-. The van der Waals surface area contributed by atoms with E-state index in [1.807, 2.05) is 0 Å². The SMILES string of the molecule is COC(=O)c1ccccc1/C=N\NC(=O)Cc1csc(-c2ccc(F)cc2)n1. The molecular formula is C20H16FN3O3S. The van der Waals surface area contributed by atoms with E-state index in [1.165, 1.54) is 36.8 Å². The van der Waals surface area contributed by atoms with Crippen molar-refractivity contribution in [1.82, 2.24) is 10.4 Å². The number of nitrogens with one attached hydrogen (secondary N) is 1. The zero-order valence-corrected chi connectivity index (χ0v) is 15.7. The van der Waals surface area contributed by atoms with Crippen LogP contribution >= 0.6 is 11.3 Å². The fourth-order valence-corrected chi connectivity index (χ4v) is 3.22. The Balaban J connectivity index is 1.60. The Labute approximate surface area is 164 Å². The topological polar surface area (TPSA) is 80.6 Å². The van der Waals surface area contributed by atoms with Crippen LogP contribution in [0.15, 0.2) is 59.0 Å². The van der Waals surface area contributed by atoms with Crippen molar-refractivity contribution in [2.24, 2.45) is 5.10 Å². The van der Waals surface area contributed by atoms with Crippen LogP contribution < -0.4 is 5.43 Å². The van der Waals surface area contributed by atoms with Crippen molar-refractivity contribution >= 4 is 29.4 Å². The number of amides is 1.